The second kappa shape index (κ2) is 12.2. The molecule has 3 aliphatic heterocycles. The monoisotopic (exact) mass is 677 g/mol. The third-order valence-corrected chi connectivity index (χ3v) is 10.3. The summed E-state index contributed by atoms with van der Waals surface area (Å²) in [5.41, 5.74) is 4.99. The Morgan fingerprint density at radius 3 is 2.52 bits per heavy atom. The minimum Gasteiger partial charge on any atom is -0.338 e. The van der Waals surface area contributed by atoms with E-state index in [1.165, 1.54) is 17.8 Å². The van der Waals surface area contributed by atoms with E-state index < -0.39 is 11.3 Å². The van der Waals surface area contributed by atoms with Crippen LogP contribution in [0.25, 0.3) is 39.1 Å². The highest BCUT2D eigenvalue weighted by atomic mass is 19.3. The molecule has 256 valence electrons. The highest BCUT2D eigenvalue weighted by molar-refractivity contribution is 6.03. The van der Waals surface area contributed by atoms with Crippen molar-refractivity contribution in [2.24, 2.45) is 12.5 Å². The topological polar surface area (TPSA) is 116 Å². The molecule has 1 N–H and O–H groups in total. The number of carbonyl (C=O) groups is 2. The first-order valence-electron chi connectivity index (χ1n) is 16.9. The molecule has 2 saturated heterocycles. The van der Waals surface area contributed by atoms with Crippen molar-refractivity contribution >= 4 is 34.0 Å². The van der Waals surface area contributed by atoms with Gasteiger partial charge in [0.15, 0.2) is 5.82 Å². The van der Waals surface area contributed by atoms with Gasteiger partial charge in [-0.15, -0.1) is 0 Å². The van der Waals surface area contributed by atoms with Crippen LogP contribution in [0.1, 0.15) is 37.4 Å². The summed E-state index contributed by atoms with van der Waals surface area (Å²) in [7, 11) is 1.85. The van der Waals surface area contributed by atoms with E-state index in [9.17, 15) is 18.4 Å². The molecular formula is C37H37F2N9O2. The number of aromatic nitrogens is 6. The zero-order valence-electron chi connectivity index (χ0n) is 27.9. The Labute approximate surface area is 287 Å². The van der Waals surface area contributed by atoms with Gasteiger partial charge in [-0.1, -0.05) is 30.3 Å². The number of alkyl halides is 2. The Morgan fingerprint density at radius 1 is 0.980 bits per heavy atom. The maximum atomic E-state index is 14.0. The Kier molecular flexibility index (Phi) is 7.81. The van der Waals surface area contributed by atoms with Gasteiger partial charge in [-0.3, -0.25) is 29.3 Å². The van der Waals surface area contributed by atoms with Crippen LogP contribution in [-0.2, 0) is 22.6 Å². The number of anilines is 1. The fourth-order valence-corrected chi connectivity index (χ4v) is 7.50. The summed E-state index contributed by atoms with van der Waals surface area (Å²) >= 11 is 0. The van der Waals surface area contributed by atoms with Crippen LogP contribution in [0.4, 0.5) is 14.5 Å². The van der Waals surface area contributed by atoms with Crippen molar-refractivity contribution in [3.05, 3.63) is 84.5 Å². The van der Waals surface area contributed by atoms with Gasteiger partial charge in [0.1, 0.15) is 17.7 Å². The number of amides is 2. The van der Waals surface area contributed by atoms with Crippen LogP contribution in [0.2, 0.25) is 0 Å². The van der Waals surface area contributed by atoms with Crippen LogP contribution < -0.4 is 4.90 Å². The number of rotatable bonds is 7. The predicted octanol–water partition coefficient (Wildman–Crippen LogP) is 5.28. The molecule has 2 aromatic carbocycles. The number of hydrogen-bond donors (Lipinski definition) is 1. The summed E-state index contributed by atoms with van der Waals surface area (Å²) in [6.07, 6.45) is 7.36. The number of aryl methyl sites for hydroxylation is 1. The number of aromatic amines is 1. The highest BCUT2D eigenvalue weighted by Gasteiger charge is 2.51. The van der Waals surface area contributed by atoms with Gasteiger partial charge in [0.2, 0.25) is 11.8 Å². The SMILES string of the molecule is Cn1cnc(-c2ccc(C3=CCN(C(=O)CN4CCC5(CCN(c6ccc7[nH]nc(-c8ccnc(C(C)(F)F)c8)c7c6)C5=O)C4)CC3)cc2)n1. The van der Waals surface area contributed by atoms with Crippen molar-refractivity contribution in [2.45, 2.75) is 32.1 Å². The van der Waals surface area contributed by atoms with Gasteiger partial charge >= 0.3 is 0 Å². The number of hydrogen-bond acceptors (Lipinski definition) is 7. The molecule has 2 amide bonds. The molecule has 13 heteroatoms. The van der Waals surface area contributed by atoms with Crippen LogP contribution in [0.15, 0.2) is 73.2 Å². The van der Waals surface area contributed by atoms with E-state index in [0.29, 0.717) is 69.2 Å². The first kappa shape index (κ1) is 31.9. The third kappa shape index (κ3) is 5.85. The number of nitrogens with zero attached hydrogens (tertiary/aromatic N) is 8. The average Bonchev–Trinajstić information content (AvgIpc) is 3.92. The Balaban J connectivity index is 0.903. The quantitative estimate of drug-likeness (QED) is 0.249. The lowest BCUT2D eigenvalue weighted by atomic mass is 9.85. The first-order valence-corrected chi connectivity index (χ1v) is 16.9. The van der Waals surface area contributed by atoms with Gasteiger partial charge in [0.25, 0.3) is 5.92 Å². The van der Waals surface area contributed by atoms with Gasteiger partial charge < -0.3 is 9.80 Å². The lowest BCUT2D eigenvalue weighted by Crippen LogP contribution is -2.43. The van der Waals surface area contributed by atoms with Crippen molar-refractivity contribution in [1.82, 2.24) is 39.7 Å². The van der Waals surface area contributed by atoms with E-state index in [1.807, 2.05) is 47.2 Å². The summed E-state index contributed by atoms with van der Waals surface area (Å²) < 4.78 is 29.7. The zero-order valence-corrected chi connectivity index (χ0v) is 27.9. The Morgan fingerprint density at radius 2 is 1.78 bits per heavy atom. The summed E-state index contributed by atoms with van der Waals surface area (Å²) in [5.74, 6) is -2.25. The zero-order chi connectivity index (χ0) is 34.6. The number of nitrogens with one attached hydrogen (secondary N) is 1. The van der Waals surface area contributed by atoms with Crippen LogP contribution in [-0.4, -0.2) is 90.8 Å². The predicted molar refractivity (Wildman–Crippen MR) is 185 cm³/mol. The fraction of sp³-hybridized carbons (Fsp3) is 0.351. The van der Waals surface area contributed by atoms with Crippen LogP contribution in [0.3, 0.4) is 0 Å². The molecule has 3 aliphatic rings. The van der Waals surface area contributed by atoms with Gasteiger partial charge in [0, 0.05) is 68.5 Å². The largest absolute Gasteiger partial charge is 0.338 e. The highest BCUT2D eigenvalue weighted by Crippen LogP contribution is 2.43. The molecule has 0 bridgehead atoms. The summed E-state index contributed by atoms with van der Waals surface area (Å²) in [5, 5.41) is 12.5. The molecule has 1 spiro atoms. The number of carbonyl (C=O) groups excluding carboxylic acids is 2. The van der Waals surface area contributed by atoms with Gasteiger partial charge in [-0.05, 0) is 67.3 Å². The summed E-state index contributed by atoms with van der Waals surface area (Å²) in [4.78, 5) is 41.4. The second-order valence-electron chi connectivity index (χ2n) is 13.7. The van der Waals surface area contributed by atoms with E-state index in [1.54, 1.807) is 17.1 Å². The Hall–Kier alpha value is -5.30. The summed E-state index contributed by atoms with van der Waals surface area (Å²) in [6.45, 7) is 4.13. The Bertz CT molecular complexity index is 2130. The minimum absolute atomic E-state index is 0.0593. The fourth-order valence-electron chi connectivity index (χ4n) is 7.50. The molecule has 50 heavy (non-hydrogen) atoms. The van der Waals surface area contributed by atoms with E-state index in [0.717, 1.165) is 41.1 Å². The molecule has 8 rings (SSSR count). The lowest BCUT2D eigenvalue weighted by Gasteiger charge is -2.29. The van der Waals surface area contributed by atoms with Crippen molar-refractivity contribution in [3.63, 3.8) is 0 Å². The molecule has 0 saturated carbocycles. The number of fused-ring (bicyclic) bond motifs is 1. The van der Waals surface area contributed by atoms with E-state index in [-0.39, 0.29) is 17.5 Å². The van der Waals surface area contributed by atoms with E-state index >= 15 is 0 Å². The molecule has 3 aromatic heterocycles. The smallest absolute Gasteiger partial charge is 0.286 e. The summed E-state index contributed by atoms with van der Waals surface area (Å²) in [6, 6.07) is 16.9. The molecule has 0 aliphatic carbocycles. The molecule has 0 radical (unpaired) electrons. The standard InChI is InChI=1S/C37H37F2N9O2/c1-36(38,39)31-19-27(9-14-40-31)33-29-20-28(7-8-30(29)42-43-33)48-18-13-37(35(48)50)12-17-46(22-37)21-32(49)47-15-10-25(11-16-47)24-3-5-26(6-4-24)34-41-23-45(2)44-34/h3-10,14,19-20,23H,11-13,15-18,21-22H2,1-2H3,(H,42,43). The number of likely N-dealkylation sites (tertiary alicyclic amines) is 1. The van der Waals surface area contributed by atoms with Crippen molar-refractivity contribution in [3.8, 4) is 22.6 Å². The van der Waals surface area contributed by atoms with Crippen LogP contribution in [0.5, 0.6) is 0 Å². The lowest BCUT2D eigenvalue weighted by molar-refractivity contribution is -0.132. The van der Waals surface area contributed by atoms with Crippen molar-refractivity contribution in [1.29, 1.82) is 0 Å². The van der Waals surface area contributed by atoms with E-state index in [4.69, 9.17) is 0 Å². The van der Waals surface area contributed by atoms with Gasteiger partial charge in [-0.2, -0.15) is 19.0 Å². The molecule has 2 fully saturated rings. The number of benzene rings is 2. The van der Waals surface area contributed by atoms with Crippen LogP contribution >= 0.6 is 0 Å². The first-order chi connectivity index (χ1) is 24.1. The van der Waals surface area contributed by atoms with E-state index in [2.05, 4.69) is 48.4 Å². The molecular weight excluding hydrogens is 640 g/mol. The minimum atomic E-state index is -3.08. The molecule has 11 nitrogen and oxygen atoms in total. The maximum Gasteiger partial charge on any atom is 0.286 e. The van der Waals surface area contributed by atoms with Gasteiger partial charge in [0.05, 0.1) is 17.5 Å². The number of halogens is 2. The van der Waals surface area contributed by atoms with Crippen LogP contribution in [0, 0.1) is 5.41 Å². The third-order valence-electron chi connectivity index (χ3n) is 10.3. The molecule has 1 atom stereocenters. The molecule has 6 heterocycles. The van der Waals surface area contributed by atoms with Crippen molar-refractivity contribution in [2.75, 3.05) is 44.2 Å². The maximum absolute atomic E-state index is 14.0. The van der Waals surface area contributed by atoms with Crippen molar-refractivity contribution < 1.29 is 18.4 Å². The number of pyridine rings is 1. The van der Waals surface area contributed by atoms with Gasteiger partial charge in [-0.25, -0.2) is 4.98 Å². The number of H-pyrrole nitrogens is 1. The molecule has 5 aromatic rings. The average molecular weight is 678 g/mol. The normalized spacial score (nSPS) is 20.0. The second-order valence-corrected chi connectivity index (χ2v) is 13.7. The molecule has 1 unspecified atom stereocenters.